The first kappa shape index (κ1) is 18.0. The second-order valence-corrected chi connectivity index (χ2v) is 7.02. The minimum absolute atomic E-state index is 0.0407. The third-order valence-electron chi connectivity index (χ3n) is 4.83. The van der Waals surface area contributed by atoms with Gasteiger partial charge in [0.25, 0.3) is 0 Å². The lowest BCUT2D eigenvalue weighted by atomic mass is 10.1. The number of aromatic nitrogens is 2. The lowest BCUT2D eigenvalue weighted by Crippen LogP contribution is -2.11. The molecule has 0 radical (unpaired) electrons. The summed E-state index contributed by atoms with van der Waals surface area (Å²) >= 11 is 0. The van der Waals surface area contributed by atoms with Crippen molar-refractivity contribution in [3.05, 3.63) is 90.3 Å². The van der Waals surface area contributed by atoms with Crippen molar-refractivity contribution in [3.8, 4) is 11.3 Å². The molecule has 0 unspecified atom stereocenters. The molecule has 0 atom stereocenters. The predicted molar refractivity (Wildman–Crippen MR) is 113 cm³/mol. The third kappa shape index (κ3) is 4.12. The summed E-state index contributed by atoms with van der Waals surface area (Å²) in [7, 11) is 0. The van der Waals surface area contributed by atoms with Crippen LogP contribution in [0.3, 0.4) is 0 Å². The molecule has 0 aliphatic carbocycles. The lowest BCUT2D eigenvalue weighted by Gasteiger charge is -2.07. The normalized spacial score (nSPS) is 10.9. The summed E-state index contributed by atoms with van der Waals surface area (Å²) in [6, 6.07) is 22.2. The van der Waals surface area contributed by atoms with Crippen LogP contribution < -0.4 is 5.32 Å². The molecule has 0 saturated heterocycles. The number of benzene rings is 2. The predicted octanol–water partition coefficient (Wildman–Crippen LogP) is 5.27. The van der Waals surface area contributed by atoms with Crippen LogP contribution in [0.4, 0.5) is 5.69 Å². The quantitative estimate of drug-likeness (QED) is 0.503. The summed E-state index contributed by atoms with van der Waals surface area (Å²) in [5.41, 5.74) is 6.04. The van der Waals surface area contributed by atoms with Gasteiger partial charge in [-0.15, -0.1) is 0 Å². The zero-order valence-corrected chi connectivity index (χ0v) is 15.9. The average Bonchev–Trinajstić information content (AvgIpc) is 3.15. The van der Waals surface area contributed by atoms with Gasteiger partial charge in [-0.3, -0.25) is 4.79 Å². The van der Waals surface area contributed by atoms with Gasteiger partial charge in [-0.2, -0.15) is 0 Å². The van der Waals surface area contributed by atoms with Gasteiger partial charge < -0.3 is 9.72 Å². The van der Waals surface area contributed by atoms with E-state index in [9.17, 15) is 4.79 Å². The largest absolute Gasteiger partial charge is 0.326 e. The molecule has 2 aromatic heterocycles. The fraction of sp³-hybridized carbons (Fsp3) is 0.167. The number of pyridine rings is 1. The first-order valence-electron chi connectivity index (χ1n) is 9.57. The summed E-state index contributed by atoms with van der Waals surface area (Å²) in [5.74, 6) is 0.0407. The topological polar surface area (TPSA) is 46.4 Å². The molecule has 4 heteroatoms. The summed E-state index contributed by atoms with van der Waals surface area (Å²) in [6.45, 7) is 2.05. The number of nitrogens with zero attached hydrogens (tertiary/aromatic N) is 2. The highest BCUT2D eigenvalue weighted by Gasteiger charge is 2.08. The van der Waals surface area contributed by atoms with Crippen molar-refractivity contribution in [1.82, 2.24) is 9.38 Å². The molecule has 28 heavy (non-hydrogen) atoms. The molecule has 4 rings (SSSR count). The summed E-state index contributed by atoms with van der Waals surface area (Å²) in [6.07, 6.45) is 6.27. The van der Waals surface area contributed by atoms with E-state index < -0.39 is 0 Å². The molecule has 0 aliphatic rings. The number of anilines is 1. The number of amides is 1. The molecule has 1 N–H and O–H groups in total. The van der Waals surface area contributed by atoms with E-state index in [4.69, 9.17) is 4.98 Å². The zero-order valence-electron chi connectivity index (χ0n) is 15.9. The highest BCUT2D eigenvalue weighted by atomic mass is 16.1. The third-order valence-corrected chi connectivity index (χ3v) is 4.83. The molecule has 2 heterocycles. The lowest BCUT2D eigenvalue weighted by molar-refractivity contribution is -0.116. The highest BCUT2D eigenvalue weighted by molar-refractivity contribution is 5.91. The Labute approximate surface area is 164 Å². The van der Waals surface area contributed by atoms with Crippen LogP contribution in [0.1, 0.15) is 24.0 Å². The van der Waals surface area contributed by atoms with Crippen molar-refractivity contribution >= 4 is 17.2 Å². The molecule has 0 fully saturated rings. The van der Waals surface area contributed by atoms with Gasteiger partial charge in [-0.05, 0) is 49.1 Å². The number of rotatable bonds is 6. The SMILES string of the molecule is Cc1cccn2cc(-c3cccc(NC(=O)CCCc4ccccc4)c3)nc12. The van der Waals surface area contributed by atoms with E-state index in [1.165, 1.54) is 5.56 Å². The Balaban J connectivity index is 1.41. The van der Waals surface area contributed by atoms with Gasteiger partial charge in [0.05, 0.1) is 5.69 Å². The summed E-state index contributed by atoms with van der Waals surface area (Å²) in [4.78, 5) is 17.0. The fourth-order valence-electron chi connectivity index (χ4n) is 3.37. The maximum absolute atomic E-state index is 12.3. The van der Waals surface area contributed by atoms with E-state index >= 15 is 0 Å². The number of carbonyl (C=O) groups excluding carboxylic acids is 1. The molecule has 4 aromatic rings. The van der Waals surface area contributed by atoms with Gasteiger partial charge in [-0.1, -0.05) is 48.5 Å². The Kier molecular flexibility index (Phi) is 5.20. The van der Waals surface area contributed by atoms with Crippen molar-refractivity contribution in [2.24, 2.45) is 0 Å². The van der Waals surface area contributed by atoms with E-state index in [-0.39, 0.29) is 5.91 Å². The number of imidazole rings is 1. The molecule has 0 bridgehead atoms. The van der Waals surface area contributed by atoms with Crippen LogP contribution in [-0.2, 0) is 11.2 Å². The Morgan fingerprint density at radius 3 is 2.71 bits per heavy atom. The maximum Gasteiger partial charge on any atom is 0.224 e. The van der Waals surface area contributed by atoms with Gasteiger partial charge in [0.15, 0.2) is 0 Å². The number of aryl methyl sites for hydroxylation is 2. The number of fused-ring (bicyclic) bond motifs is 1. The Hall–Kier alpha value is -3.40. The monoisotopic (exact) mass is 369 g/mol. The number of hydrogen-bond donors (Lipinski definition) is 1. The molecule has 0 aliphatic heterocycles. The standard InChI is InChI=1S/C24H23N3O/c1-18-8-7-15-27-17-22(26-24(18)27)20-12-6-13-21(16-20)25-23(28)14-5-11-19-9-3-2-4-10-19/h2-4,6-10,12-13,15-17H,5,11,14H2,1H3,(H,25,28). The highest BCUT2D eigenvalue weighted by Crippen LogP contribution is 2.23. The van der Waals surface area contributed by atoms with Crippen LogP contribution in [0.5, 0.6) is 0 Å². The van der Waals surface area contributed by atoms with E-state index in [0.717, 1.165) is 41.0 Å². The first-order chi connectivity index (χ1) is 13.7. The Morgan fingerprint density at radius 2 is 1.89 bits per heavy atom. The molecule has 4 nitrogen and oxygen atoms in total. The van der Waals surface area contributed by atoms with Crippen molar-refractivity contribution in [3.63, 3.8) is 0 Å². The van der Waals surface area contributed by atoms with Crippen molar-refractivity contribution in [2.45, 2.75) is 26.2 Å². The fourth-order valence-corrected chi connectivity index (χ4v) is 3.37. The van der Waals surface area contributed by atoms with Crippen LogP contribution >= 0.6 is 0 Å². The van der Waals surface area contributed by atoms with E-state index in [0.29, 0.717) is 6.42 Å². The van der Waals surface area contributed by atoms with Crippen molar-refractivity contribution in [1.29, 1.82) is 0 Å². The molecule has 140 valence electrons. The number of hydrogen-bond acceptors (Lipinski definition) is 2. The Bertz CT molecular complexity index is 1100. The minimum Gasteiger partial charge on any atom is -0.326 e. The minimum atomic E-state index is 0.0407. The second-order valence-electron chi connectivity index (χ2n) is 7.02. The van der Waals surface area contributed by atoms with E-state index in [1.54, 1.807) is 0 Å². The van der Waals surface area contributed by atoms with Crippen LogP contribution in [0.2, 0.25) is 0 Å². The van der Waals surface area contributed by atoms with Gasteiger partial charge in [0.2, 0.25) is 5.91 Å². The van der Waals surface area contributed by atoms with Gasteiger partial charge >= 0.3 is 0 Å². The smallest absolute Gasteiger partial charge is 0.224 e. The Morgan fingerprint density at radius 1 is 1.04 bits per heavy atom. The van der Waals surface area contributed by atoms with Gasteiger partial charge in [0, 0.05) is 30.1 Å². The molecular weight excluding hydrogens is 346 g/mol. The summed E-state index contributed by atoms with van der Waals surface area (Å²) < 4.78 is 2.03. The molecule has 1 amide bonds. The molecular formula is C24H23N3O. The van der Waals surface area contributed by atoms with E-state index in [2.05, 4.69) is 30.4 Å². The van der Waals surface area contributed by atoms with E-state index in [1.807, 2.05) is 65.3 Å². The average molecular weight is 369 g/mol. The van der Waals surface area contributed by atoms with Crippen LogP contribution in [-0.4, -0.2) is 15.3 Å². The maximum atomic E-state index is 12.3. The molecule has 0 saturated carbocycles. The number of carbonyl (C=O) groups is 1. The van der Waals surface area contributed by atoms with Crippen LogP contribution in [0.25, 0.3) is 16.9 Å². The van der Waals surface area contributed by atoms with Crippen LogP contribution in [0, 0.1) is 6.92 Å². The molecule has 2 aromatic carbocycles. The first-order valence-corrected chi connectivity index (χ1v) is 9.57. The van der Waals surface area contributed by atoms with Crippen LogP contribution in [0.15, 0.2) is 79.1 Å². The van der Waals surface area contributed by atoms with Gasteiger partial charge in [0.1, 0.15) is 5.65 Å². The zero-order chi connectivity index (χ0) is 19.3. The number of nitrogens with one attached hydrogen (secondary N) is 1. The van der Waals surface area contributed by atoms with Crippen molar-refractivity contribution in [2.75, 3.05) is 5.32 Å². The van der Waals surface area contributed by atoms with Gasteiger partial charge in [-0.25, -0.2) is 4.98 Å². The van der Waals surface area contributed by atoms with Crippen molar-refractivity contribution < 1.29 is 4.79 Å². The summed E-state index contributed by atoms with van der Waals surface area (Å²) in [5, 5.41) is 3.01. The molecule has 0 spiro atoms. The second kappa shape index (κ2) is 8.09.